The van der Waals surface area contributed by atoms with Gasteiger partial charge in [0.05, 0.1) is 6.04 Å². The van der Waals surface area contributed by atoms with E-state index in [1.54, 1.807) is 25.1 Å². The molecule has 10 heteroatoms. The fourth-order valence-electron chi connectivity index (χ4n) is 3.91. The zero-order valence-corrected chi connectivity index (χ0v) is 20.1. The van der Waals surface area contributed by atoms with Crippen molar-refractivity contribution in [3.63, 3.8) is 0 Å². The highest BCUT2D eigenvalue weighted by atomic mass is 16.5. The SMILES string of the molecule is CC(C)NCC(O)COc1cccc(CCC(NC(C)C(=O)N2CCCC2C(=O)O)C(=O)O)c1. The Balaban J connectivity index is 1.89. The summed E-state index contributed by atoms with van der Waals surface area (Å²) in [5, 5.41) is 34.9. The van der Waals surface area contributed by atoms with Crippen molar-refractivity contribution in [2.75, 3.05) is 19.7 Å². The lowest BCUT2D eigenvalue weighted by molar-refractivity contribution is -0.149. The molecule has 1 saturated heterocycles. The Bertz CT molecular complexity index is 833. The number of aliphatic hydroxyl groups is 1. The first-order valence-electron chi connectivity index (χ1n) is 11.7. The number of ether oxygens (including phenoxy) is 1. The first kappa shape index (κ1) is 27.6. The quantitative estimate of drug-likeness (QED) is 0.262. The van der Waals surface area contributed by atoms with Gasteiger partial charge in [-0.1, -0.05) is 26.0 Å². The highest BCUT2D eigenvalue weighted by Crippen LogP contribution is 2.19. The molecular weight excluding hydrogens is 442 g/mol. The van der Waals surface area contributed by atoms with E-state index in [0.717, 1.165) is 5.56 Å². The van der Waals surface area contributed by atoms with E-state index < -0.39 is 42.1 Å². The van der Waals surface area contributed by atoms with Crippen LogP contribution in [0.5, 0.6) is 5.75 Å². The molecule has 1 aliphatic rings. The highest BCUT2D eigenvalue weighted by molar-refractivity contribution is 5.88. The zero-order valence-electron chi connectivity index (χ0n) is 20.1. The maximum absolute atomic E-state index is 12.7. The number of benzene rings is 1. The Hall–Kier alpha value is -2.69. The van der Waals surface area contributed by atoms with Gasteiger partial charge in [-0.3, -0.25) is 14.9 Å². The second-order valence-corrected chi connectivity index (χ2v) is 9.02. The molecule has 0 radical (unpaired) electrons. The predicted octanol–water partition coefficient (Wildman–Crippen LogP) is 0.864. The number of aliphatic carboxylic acids is 2. The lowest BCUT2D eigenvalue weighted by Gasteiger charge is -2.27. The summed E-state index contributed by atoms with van der Waals surface area (Å²) in [6.45, 7) is 6.46. The molecule has 0 spiro atoms. The molecule has 1 amide bonds. The van der Waals surface area contributed by atoms with Gasteiger partial charge >= 0.3 is 11.9 Å². The molecule has 1 aliphatic heterocycles. The first-order valence-corrected chi connectivity index (χ1v) is 11.7. The number of nitrogens with zero attached hydrogens (tertiary/aromatic N) is 1. The summed E-state index contributed by atoms with van der Waals surface area (Å²) in [5.74, 6) is -1.95. The van der Waals surface area contributed by atoms with Gasteiger partial charge in [0.2, 0.25) is 5.91 Å². The molecule has 0 bridgehead atoms. The molecule has 4 atom stereocenters. The third kappa shape index (κ3) is 8.58. The van der Waals surface area contributed by atoms with E-state index in [9.17, 15) is 29.7 Å². The topological polar surface area (TPSA) is 148 Å². The number of nitrogens with one attached hydrogen (secondary N) is 2. The summed E-state index contributed by atoms with van der Waals surface area (Å²) in [4.78, 5) is 37.2. The fraction of sp³-hybridized carbons (Fsp3) is 0.625. The van der Waals surface area contributed by atoms with Gasteiger partial charge in [-0.25, -0.2) is 4.79 Å². The van der Waals surface area contributed by atoms with Gasteiger partial charge in [0.25, 0.3) is 0 Å². The lowest BCUT2D eigenvalue weighted by atomic mass is 10.0. The van der Waals surface area contributed by atoms with Crippen molar-refractivity contribution in [2.24, 2.45) is 0 Å². The molecule has 1 aromatic carbocycles. The molecule has 190 valence electrons. The number of likely N-dealkylation sites (tertiary alicyclic amines) is 1. The van der Waals surface area contributed by atoms with Gasteiger partial charge < -0.3 is 30.3 Å². The largest absolute Gasteiger partial charge is 0.491 e. The summed E-state index contributed by atoms with van der Waals surface area (Å²) in [7, 11) is 0. The number of amides is 1. The number of hydrogen-bond acceptors (Lipinski definition) is 7. The van der Waals surface area contributed by atoms with E-state index in [1.165, 1.54) is 4.90 Å². The van der Waals surface area contributed by atoms with E-state index in [4.69, 9.17) is 4.74 Å². The Labute approximate surface area is 200 Å². The normalized spacial score (nSPS) is 18.5. The third-order valence-corrected chi connectivity index (χ3v) is 5.76. The van der Waals surface area contributed by atoms with Gasteiger partial charge in [0.15, 0.2) is 0 Å². The molecule has 10 nitrogen and oxygen atoms in total. The highest BCUT2D eigenvalue weighted by Gasteiger charge is 2.36. The van der Waals surface area contributed by atoms with Crippen LogP contribution in [0, 0.1) is 0 Å². The van der Waals surface area contributed by atoms with Crippen LogP contribution in [0.4, 0.5) is 0 Å². The number of carboxylic acid groups (broad SMARTS) is 2. The summed E-state index contributed by atoms with van der Waals surface area (Å²) in [6.07, 6.45) is 1.03. The second-order valence-electron chi connectivity index (χ2n) is 9.02. The minimum Gasteiger partial charge on any atom is -0.491 e. The monoisotopic (exact) mass is 479 g/mol. The predicted molar refractivity (Wildman–Crippen MR) is 126 cm³/mol. The average molecular weight is 480 g/mol. The summed E-state index contributed by atoms with van der Waals surface area (Å²) in [5.41, 5.74) is 0.866. The molecule has 4 unspecified atom stereocenters. The van der Waals surface area contributed by atoms with Crippen LogP contribution in [-0.2, 0) is 20.8 Å². The van der Waals surface area contributed by atoms with Crippen LogP contribution in [0.2, 0.25) is 0 Å². The van der Waals surface area contributed by atoms with Crippen LogP contribution in [0.1, 0.15) is 45.6 Å². The van der Waals surface area contributed by atoms with Crippen molar-refractivity contribution in [2.45, 2.75) is 76.7 Å². The van der Waals surface area contributed by atoms with Crippen LogP contribution < -0.4 is 15.4 Å². The standard InChI is InChI=1S/C24H37N3O7/c1-15(2)25-13-18(28)14-34-19-7-4-6-17(12-19)9-10-20(23(30)31)26-16(3)22(29)27-11-5-8-21(27)24(32)33/h4,6-7,12,15-16,18,20-21,25-26,28H,5,8-11,13-14H2,1-3H3,(H,30,31)(H,32,33). The molecule has 2 rings (SSSR count). The van der Waals surface area contributed by atoms with Crippen LogP contribution in [0.15, 0.2) is 24.3 Å². The fourth-order valence-corrected chi connectivity index (χ4v) is 3.91. The van der Waals surface area contributed by atoms with Crippen molar-refractivity contribution >= 4 is 17.8 Å². The average Bonchev–Trinajstić information content (AvgIpc) is 3.28. The van der Waals surface area contributed by atoms with E-state index in [2.05, 4.69) is 10.6 Å². The molecule has 1 heterocycles. The Morgan fingerprint density at radius 3 is 2.59 bits per heavy atom. The summed E-state index contributed by atoms with van der Waals surface area (Å²) >= 11 is 0. The van der Waals surface area contributed by atoms with Crippen LogP contribution in [0.3, 0.4) is 0 Å². The van der Waals surface area contributed by atoms with Gasteiger partial charge in [0.1, 0.15) is 30.5 Å². The maximum Gasteiger partial charge on any atom is 0.326 e. The number of carboxylic acids is 2. The Morgan fingerprint density at radius 2 is 1.94 bits per heavy atom. The van der Waals surface area contributed by atoms with E-state index >= 15 is 0 Å². The van der Waals surface area contributed by atoms with Gasteiger partial charge in [0, 0.05) is 19.1 Å². The lowest BCUT2D eigenvalue weighted by Crippen LogP contribution is -2.53. The number of aryl methyl sites for hydroxylation is 1. The van der Waals surface area contributed by atoms with Crippen LogP contribution in [0.25, 0.3) is 0 Å². The van der Waals surface area contributed by atoms with E-state index in [-0.39, 0.29) is 19.1 Å². The third-order valence-electron chi connectivity index (χ3n) is 5.76. The molecule has 0 saturated carbocycles. The number of carbonyl (C=O) groups is 3. The van der Waals surface area contributed by atoms with Crippen molar-refractivity contribution < 1.29 is 34.4 Å². The number of hydrogen-bond donors (Lipinski definition) is 5. The number of carbonyl (C=O) groups excluding carboxylic acids is 1. The molecule has 1 fully saturated rings. The maximum atomic E-state index is 12.7. The van der Waals surface area contributed by atoms with Crippen molar-refractivity contribution in [1.82, 2.24) is 15.5 Å². The first-order chi connectivity index (χ1) is 16.1. The van der Waals surface area contributed by atoms with Crippen LogP contribution >= 0.6 is 0 Å². The molecule has 34 heavy (non-hydrogen) atoms. The molecular formula is C24H37N3O7. The smallest absolute Gasteiger partial charge is 0.326 e. The van der Waals surface area contributed by atoms with Crippen molar-refractivity contribution in [1.29, 1.82) is 0 Å². The van der Waals surface area contributed by atoms with Gasteiger partial charge in [-0.2, -0.15) is 0 Å². The second kappa shape index (κ2) is 13.3. The zero-order chi connectivity index (χ0) is 25.3. The van der Waals surface area contributed by atoms with E-state index in [1.807, 2.05) is 19.9 Å². The Kier molecular flexibility index (Phi) is 10.7. The summed E-state index contributed by atoms with van der Waals surface area (Å²) < 4.78 is 5.66. The van der Waals surface area contributed by atoms with Crippen molar-refractivity contribution in [3.8, 4) is 5.75 Å². The van der Waals surface area contributed by atoms with Gasteiger partial charge in [-0.15, -0.1) is 0 Å². The minimum absolute atomic E-state index is 0.135. The van der Waals surface area contributed by atoms with Crippen LogP contribution in [-0.4, -0.2) is 88.0 Å². The minimum atomic E-state index is -1.08. The van der Waals surface area contributed by atoms with Crippen molar-refractivity contribution in [3.05, 3.63) is 29.8 Å². The molecule has 0 aromatic heterocycles. The number of rotatable bonds is 14. The Morgan fingerprint density at radius 1 is 1.21 bits per heavy atom. The molecule has 5 N–H and O–H groups in total. The number of aliphatic hydroxyl groups excluding tert-OH is 1. The molecule has 1 aromatic rings. The summed E-state index contributed by atoms with van der Waals surface area (Å²) in [6, 6.07) is 4.85. The van der Waals surface area contributed by atoms with E-state index in [0.29, 0.717) is 38.1 Å². The van der Waals surface area contributed by atoms with Gasteiger partial charge in [-0.05, 0) is 50.3 Å². The molecule has 0 aliphatic carbocycles.